The molecule has 9 rings (SSSR count). The van der Waals surface area contributed by atoms with Crippen molar-refractivity contribution in [2.45, 2.75) is 249 Å². The van der Waals surface area contributed by atoms with Crippen LogP contribution in [0.15, 0.2) is 11.6 Å². The third kappa shape index (κ3) is 9.57. The summed E-state index contributed by atoms with van der Waals surface area (Å²) < 4.78 is 47.7. The van der Waals surface area contributed by atoms with Gasteiger partial charge in [-0.1, -0.05) is 60.1 Å². The van der Waals surface area contributed by atoms with Crippen LogP contribution in [0.25, 0.3) is 0 Å². The molecule has 4 saturated carbocycles. The van der Waals surface area contributed by atoms with Crippen LogP contribution in [0.1, 0.15) is 120 Å². The summed E-state index contributed by atoms with van der Waals surface area (Å²) in [5.41, 5.74) is -0.938. The van der Waals surface area contributed by atoms with Crippen molar-refractivity contribution in [3.63, 3.8) is 0 Å². The van der Waals surface area contributed by atoms with Crippen molar-refractivity contribution in [1.82, 2.24) is 0 Å². The number of carbonyl (C=O) groups is 1. The van der Waals surface area contributed by atoms with Crippen molar-refractivity contribution in [2.24, 2.45) is 50.2 Å². The van der Waals surface area contributed by atoms with E-state index in [1.165, 1.54) is 12.5 Å². The highest BCUT2D eigenvalue weighted by atomic mass is 16.8. The SMILES string of the molecule is CC1OC(OC2C(OCC3OC(OC(=O)C45CCC(C)(C)CC4C4=CCC6C7(C)CCC(OC8OC(CO)C(O)C(O)C8O)C(C)(C)C7CCC6(C)C4(C)CC5)C(O)C(O)C3O)OC(CO)C(O)C2O)C(O)C(O)C1O. The van der Waals surface area contributed by atoms with Crippen molar-refractivity contribution in [2.75, 3.05) is 19.8 Å². The molecule has 28 unspecified atom stereocenters. The van der Waals surface area contributed by atoms with Crippen molar-refractivity contribution in [3.8, 4) is 0 Å². The van der Waals surface area contributed by atoms with E-state index in [4.69, 9.17) is 37.9 Å². The zero-order chi connectivity index (χ0) is 55.6. The quantitative estimate of drug-likeness (QED) is 0.0670. The van der Waals surface area contributed by atoms with Gasteiger partial charge in [0.1, 0.15) is 91.6 Å². The van der Waals surface area contributed by atoms with Gasteiger partial charge in [0, 0.05) is 0 Å². The minimum atomic E-state index is -1.89. The Hall–Kier alpha value is -1.59. The maximum absolute atomic E-state index is 15.2. The Balaban J connectivity index is 0.920. The van der Waals surface area contributed by atoms with Crippen LogP contribution in [0, 0.1) is 50.2 Å². The second-order valence-corrected chi connectivity index (χ2v) is 26.3. The molecule has 4 saturated heterocycles. The van der Waals surface area contributed by atoms with Crippen molar-refractivity contribution < 1.29 is 109 Å². The highest BCUT2D eigenvalue weighted by Gasteiger charge is 2.70. The van der Waals surface area contributed by atoms with Crippen LogP contribution in [-0.4, -0.2) is 221 Å². The summed E-state index contributed by atoms with van der Waals surface area (Å²) in [6.07, 6.45) is -22.4. The lowest BCUT2D eigenvalue weighted by Crippen LogP contribution is -2.66. The fraction of sp³-hybridized carbons (Fsp3) is 0.944. The fourth-order valence-electron chi connectivity index (χ4n) is 16.4. The van der Waals surface area contributed by atoms with Gasteiger partial charge in [0.2, 0.25) is 6.29 Å². The first-order valence-electron chi connectivity index (χ1n) is 27.7. The van der Waals surface area contributed by atoms with Gasteiger partial charge in [-0.15, -0.1) is 0 Å². The van der Waals surface area contributed by atoms with Gasteiger partial charge in [0.15, 0.2) is 18.9 Å². The molecule has 4 aliphatic heterocycles. The molecule has 4 heterocycles. The van der Waals surface area contributed by atoms with E-state index < -0.39 is 159 Å². The molecular weight excluding hydrogens is 1000 g/mol. The first kappa shape index (κ1) is 59.0. The molecule has 28 atom stereocenters. The van der Waals surface area contributed by atoms with Gasteiger partial charge in [-0.25, -0.2) is 0 Å². The Bertz CT molecular complexity index is 2090. The van der Waals surface area contributed by atoms with E-state index in [0.29, 0.717) is 32.1 Å². The second-order valence-electron chi connectivity index (χ2n) is 26.3. The first-order chi connectivity index (χ1) is 35.5. The van der Waals surface area contributed by atoms with E-state index in [1.807, 2.05) is 0 Å². The molecule has 76 heavy (non-hydrogen) atoms. The van der Waals surface area contributed by atoms with Gasteiger partial charge >= 0.3 is 5.97 Å². The molecule has 0 amide bonds. The summed E-state index contributed by atoms with van der Waals surface area (Å²) in [6, 6.07) is 0. The van der Waals surface area contributed by atoms with Gasteiger partial charge < -0.3 is 104 Å². The van der Waals surface area contributed by atoms with E-state index in [0.717, 1.165) is 32.1 Å². The minimum absolute atomic E-state index is 0.131. The van der Waals surface area contributed by atoms with Crippen LogP contribution < -0.4 is 0 Å². The summed E-state index contributed by atoms with van der Waals surface area (Å²) in [4.78, 5) is 15.2. The Morgan fingerprint density at radius 2 is 1.13 bits per heavy atom. The number of esters is 1. The van der Waals surface area contributed by atoms with Gasteiger partial charge in [0.25, 0.3) is 0 Å². The molecule has 22 heteroatoms. The predicted octanol–water partition coefficient (Wildman–Crippen LogP) is -1.01. The van der Waals surface area contributed by atoms with E-state index in [2.05, 4.69) is 54.5 Å². The maximum Gasteiger partial charge on any atom is 0.315 e. The lowest BCUT2D eigenvalue weighted by Gasteiger charge is -2.71. The van der Waals surface area contributed by atoms with Crippen LogP contribution in [0.4, 0.5) is 0 Å². The molecule has 0 aromatic heterocycles. The number of hydrogen-bond donors (Lipinski definition) is 13. The summed E-state index contributed by atoms with van der Waals surface area (Å²) in [5.74, 6) is -0.361. The smallest absolute Gasteiger partial charge is 0.315 e. The lowest BCUT2D eigenvalue weighted by atomic mass is 9.33. The number of allylic oxidation sites excluding steroid dienone is 2. The largest absolute Gasteiger partial charge is 0.432 e. The third-order valence-electron chi connectivity index (χ3n) is 21.4. The lowest BCUT2D eigenvalue weighted by molar-refractivity contribution is -0.370. The Morgan fingerprint density at radius 1 is 0.579 bits per heavy atom. The Labute approximate surface area is 444 Å². The average molecular weight is 1090 g/mol. The number of hydrogen-bond acceptors (Lipinski definition) is 22. The normalized spacial score (nSPS) is 54.0. The molecule has 0 aromatic rings. The zero-order valence-corrected chi connectivity index (χ0v) is 45.1. The molecule has 0 radical (unpaired) electrons. The molecule has 9 aliphatic rings. The van der Waals surface area contributed by atoms with E-state index >= 15 is 4.79 Å². The fourth-order valence-corrected chi connectivity index (χ4v) is 16.4. The highest BCUT2D eigenvalue weighted by molar-refractivity contribution is 5.79. The van der Waals surface area contributed by atoms with Crippen molar-refractivity contribution in [3.05, 3.63) is 11.6 Å². The summed E-state index contributed by atoms with van der Waals surface area (Å²) in [5, 5.41) is 139. The molecule has 5 aliphatic carbocycles. The topological polar surface area (TPSA) is 354 Å². The molecule has 0 spiro atoms. The van der Waals surface area contributed by atoms with Crippen LogP contribution in [0.2, 0.25) is 0 Å². The number of rotatable bonds is 11. The number of fused-ring (bicyclic) bond motifs is 7. The molecule has 8 fully saturated rings. The molecule has 0 bridgehead atoms. The standard InChI is InChI=1S/C54H88O22/c1-23-32(57)36(61)40(65)44(70-23)75-43-39(64)34(59)27(21-56)72-47(43)69-22-28-35(60)38(63)42(67)46(73-28)76-48(68)54-17-15-49(2,3)19-25(54)24-9-10-30-51(6)13-12-31(74-45-41(66)37(62)33(58)26(20-55)71-45)50(4,5)29(51)11-14-53(30,8)52(24,7)16-18-54/h9,23,25-47,55-67H,10-22H2,1-8H3. The Morgan fingerprint density at radius 3 is 1.78 bits per heavy atom. The van der Waals surface area contributed by atoms with Gasteiger partial charge in [0.05, 0.1) is 37.4 Å². The summed E-state index contributed by atoms with van der Waals surface area (Å²) in [7, 11) is 0. The monoisotopic (exact) mass is 1090 g/mol. The van der Waals surface area contributed by atoms with E-state index in [1.54, 1.807) is 0 Å². The van der Waals surface area contributed by atoms with E-state index in [9.17, 15) is 66.4 Å². The highest BCUT2D eigenvalue weighted by Crippen LogP contribution is 2.76. The molecular formula is C54H88O22. The number of aliphatic hydroxyl groups is 13. The Kier molecular flexibility index (Phi) is 16.6. The zero-order valence-electron chi connectivity index (χ0n) is 45.1. The molecule has 0 aromatic carbocycles. The second kappa shape index (κ2) is 21.3. The summed E-state index contributed by atoms with van der Waals surface area (Å²) >= 11 is 0. The number of ether oxygens (including phenoxy) is 8. The van der Waals surface area contributed by atoms with Crippen LogP contribution in [0.3, 0.4) is 0 Å². The average Bonchev–Trinajstić information content (AvgIpc) is 3.43. The van der Waals surface area contributed by atoms with Crippen LogP contribution >= 0.6 is 0 Å². The maximum atomic E-state index is 15.2. The third-order valence-corrected chi connectivity index (χ3v) is 21.4. The summed E-state index contributed by atoms with van der Waals surface area (Å²) in [6.45, 7) is 15.5. The van der Waals surface area contributed by atoms with Crippen molar-refractivity contribution in [1.29, 1.82) is 0 Å². The van der Waals surface area contributed by atoms with Gasteiger partial charge in [-0.3, -0.25) is 4.79 Å². The van der Waals surface area contributed by atoms with Crippen molar-refractivity contribution >= 4 is 5.97 Å². The predicted molar refractivity (Wildman–Crippen MR) is 261 cm³/mol. The molecule has 436 valence electrons. The minimum Gasteiger partial charge on any atom is -0.432 e. The van der Waals surface area contributed by atoms with E-state index in [-0.39, 0.29) is 45.5 Å². The van der Waals surface area contributed by atoms with Gasteiger partial charge in [-0.2, -0.15) is 0 Å². The number of aliphatic hydroxyl groups excluding tert-OH is 13. The van der Waals surface area contributed by atoms with Gasteiger partial charge in [-0.05, 0) is 116 Å². The molecule has 22 nitrogen and oxygen atoms in total. The van der Waals surface area contributed by atoms with Crippen LogP contribution in [0.5, 0.6) is 0 Å². The molecule has 13 N–H and O–H groups in total. The van der Waals surface area contributed by atoms with Crippen LogP contribution in [-0.2, 0) is 42.7 Å². The number of carbonyl (C=O) groups excluding carboxylic acids is 1. The first-order valence-corrected chi connectivity index (χ1v) is 27.7.